The average Bonchev–Trinajstić information content (AvgIpc) is 2.45. The number of piperazine rings is 2. The van der Waals surface area contributed by atoms with Crippen molar-refractivity contribution in [2.45, 2.75) is 47.1 Å². The van der Waals surface area contributed by atoms with Crippen LogP contribution in [0.4, 0.5) is 4.79 Å². The summed E-state index contributed by atoms with van der Waals surface area (Å²) in [7, 11) is 0. The zero-order chi connectivity index (χ0) is 17.3. The summed E-state index contributed by atoms with van der Waals surface area (Å²) in [5.74, 6) is 0. The number of rotatable bonds is 1. The summed E-state index contributed by atoms with van der Waals surface area (Å²) in [4.78, 5) is 21.8. The van der Waals surface area contributed by atoms with Crippen molar-refractivity contribution in [3.8, 4) is 0 Å². The van der Waals surface area contributed by atoms with Gasteiger partial charge in [0.15, 0.2) is 0 Å². The molecule has 0 atom stereocenters. The summed E-state index contributed by atoms with van der Waals surface area (Å²) in [6.07, 6.45) is 0. The van der Waals surface area contributed by atoms with Gasteiger partial charge < -0.3 is 9.80 Å². The van der Waals surface area contributed by atoms with Crippen molar-refractivity contribution in [3.05, 3.63) is 0 Å². The first-order valence-corrected chi connectivity index (χ1v) is 9.07. The maximum Gasteiger partial charge on any atom is 0.320 e. The van der Waals surface area contributed by atoms with Crippen molar-refractivity contribution < 1.29 is 4.79 Å². The maximum absolute atomic E-state index is 12.7. The molecule has 23 heavy (non-hydrogen) atoms. The Kier molecular flexibility index (Phi) is 5.62. The molecule has 0 aromatic carbocycles. The molecule has 0 spiro atoms. The number of carbonyl (C=O) groups excluding carboxylic acids is 1. The molecule has 2 fully saturated rings. The second-order valence-corrected chi connectivity index (χ2v) is 9.25. The predicted molar refractivity (Wildman–Crippen MR) is 95.8 cm³/mol. The van der Waals surface area contributed by atoms with Gasteiger partial charge in [-0.2, -0.15) is 0 Å². The number of urea groups is 1. The van der Waals surface area contributed by atoms with Crippen LogP contribution >= 0.6 is 0 Å². The minimum absolute atomic E-state index is 0.202. The van der Waals surface area contributed by atoms with Crippen LogP contribution in [0.2, 0.25) is 0 Å². The van der Waals surface area contributed by atoms with Crippen molar-refractivity contribution in [2.75, 3.05) is 58.9 Å². The highest BCUT2D eigenvalue weighted by molar-refractivity contribution is 5.74. The van der Waals surface area contributed by atoms with E-state index in [9.17, 15) is 4.79 Å². The Labute approximate surface area is 142 Å². The number of amides is 2. The predicted octanol–water partition coefficient (Wildman–Crippen LogP) is 2.19. The molecular weight excluding hydrogens is 288 g/mol. The van der Waals surface area contributed by atoms with Gasteiger partial charge in [-0.25, -0.2) is 4.79 Å². The molecular formula is C18H36N4O. The molecule has 2 aliphatic rings. The first kappa shape index (κ1) is 18.5. The van der Waals surface area contributed by atoms with Gasteiger partial charge in [0.2, 0.25) is 0 Å². The standard InChI is InChI=1S/C18H36N4O/c1-17(2,3)15-19-7-9-20(10-8-19)16(23)21-11-13-22(14-12-21)18(4,5)6/h7-15H2,1-6H3. The van der Waals surface area contributed by atoms with E-state index in [1.807, 2.05) is 9.80 Å². The molecule has 0 N–H and O–H groups in total. The highest BCUT2D eigenvalue weighted by atomic mass is 16.2. The summed E-state index contributed by atoms with van der Waals surface area (Å²) in [6.45, 7) is 22.1. The molecule has 0 bridgehead atoms. The Morgan fingerprint density at radius 2 is 1.17 bits per heavy atom. The van der Waals surface area contributed by atoms with E-state index in [4.69, 9.17) is 0 Å². The molecule has 0 saturated carbocycles. The van der Waals surface area contributed by atoms with Crippen LogP contribution in [0.1, 0.15) is 41.5 Å². The summed E-state index contributed by atoms with van der Waals surface area (Å²) >= 11 is 0. The van der Waals surface area contributed by atoms with Crippen LogP contribution in [0.15, 0.2) is 0 Å². The van der Waals surface area contributed by atoms with Crippen molar-refractivity contribution >= 4 is 6.03 Å². The minimum Gasteiger partial charge on any atom is -0.322 e. The van der Waals surface area contributed by atoms with E-state index >= 15 is 0 Å². The van der Waals surface area contributed by atoms with E-state index in [1.165, 1.54) is 0 Å². The summed E-state index contributed by atoms with van der Waals surface area (Å²) < 4.78 is 0. The number of nitrogens with zero attached hydrogens (tertiary/aromatic N) is 4. The quantitative estimate of drug-likeness (QED) is 0.740. The number of hydrogen-bond donors (Lipinski definition) is 0. The highest BCUT2D eigenvalue weighted by Crippen LogP contribution is 2.19. The van der Waals surface area contributed by atoms with Crippen LogP contribution in [0.25, 0.3) is 0 Å². The lowest BCUT2D eigenvalue weighted by atomic mass is 9.96. The fourth-order valence-corrected chi connectivity index (χ4v) is 3.54. The molecule has 2 heterocycles. The molecule has 134 valence electrons. The summed E-state index contributed by atoms with van der Waals surface area (Å²) in [5, 5.41) is 0. The molecule has 5 nitrogen and oxygen atoms in total. The van der Waals surface area contributed by atoms with Crippen molar-refractivity contribution in [1.82, 2.24) is 19.6 Å². The van der Waals surface area contributed by atoms with Gasteiger partial charge in [-0.05, 0) is 26.2 Å². The average molecular weight is 325 g/mol. The second kappa shape index (κ2) is 6.98. The molecule has 2 saturated heterocycles. The number of carbonyl (C=O) groups is 1. The fourth-order valence-electron chi connectivity index (χ4n) is 3.54. The van der Waals surface area contributed by atoms with Gasteiger partial charge in [0, 0.05) is 64.4 Å². The largest absolute Gasteiger partial charge is 0.322 e. The molecule has 2 rings (SSSR count). The lowest BCUT2D eigenvalue weighted by Crippen LogP contribution is -2.59. The first-order valence-electron chi connectivity index (χ1n) is 9.07. The van der Waals surface area contributed by atoms with Gasteiger partial charge in [-0.3, -0.25) is 9.80 Å². The van der Waals surface area contributed by atoms with Crippen LogP contribution in [-0.2, 0) is 0 Å². The molecule has 2 amide bonds. The zero-order valence-corrected chi connectivity index (χ0v) is 16.1. The van der Waals surface area contributed by atoms with Crippen LogP contribution in [-0.4, -0.2) is 90.1 Å². The maximum atomic E-state index is 12.7. The Morgan fingerprint density at radius 1 is 0.739 bits per heavy atom. The third-order valence-corrected chi connectivity index (χ3v) is 4.84. The molecule has 0 radical (unpaired) electrons. The molecule has 0 unspecified atom stereocenters. The Balaban J connectivity index is 1.78. The lowest BCUT2D eigenvalue weighted by Gasteiger charge is -2.44. The zero-order valence-electron chi connectivity index (χ0n) is 16.1. The van der Waals surface area contributed by atoms with E-state index in [2.05, 4.69) is 51.3 Å². The summed E-state index contributed by atoms with van der Waals surface area (Å²) in [5.41, 5.74) is 0.531. The third-order valence-electron chi connectivity index (χ3n) is 4.84. The van der Waals surface area contributed by atoms with E-state index in [0.29, 0.717) is 5.41 Å². The smallest absolute Gasteiger partial charge is 0.320 e. The minimum atomic E-state index is 0.202. The third kappa shape index (κ3) is 5.35. The van der Waals surface area contributed by atoms with Crippen LogP contribution < -0.4 is 0 Å². The number of hydrogen-bond acceptors (Lipinski definition) is 3. The van der Waals surface area contributed by atoms with E-state index < -0.39 is 0 Å². The molecule has 5 heteroatoms. The van der Waals surface area contributed by atoms with Gasteiger partial charge in [0.05, 0.1) is 0 Å². The van der Waals surface area contributed by atoms with Crippen LogP contribution in [0.3, 0.4) is 0 Å². The normalized spacial score (nSPS) is 22.5. The van der Waals surface area contributed by atoms with Crippen molar-refractivity contribution in [1.29, 1.82) is 0 Å². The molecule has 0 aromatic rings. The topological polar surface area (TPSA) is 30.0 Å². The van der Waals surface area contributed by atoms with Gasteiger partial charge in [0.1, 0.15) is 0 Å². The van der Waals surface area contributed by atoms with Gasteiger partial charge in [-0.1, -0.05) is 20.8 Å². The first-order chi connectivity index (χ1) is 10.6. The van der Waals surface area contributed by atoms with Crippen LogP contribution in [0.5, 0.6) is 0 Å². The van der Waals surface area contributed by atoms with Crippen molar-refractivity contribution in [2.24, 2.45) is 5.41 Å². The van der Waals surface area contributed by atoms with Gasteiger partial charge >= 0.3 is 6.03 Å². The molecule has 2 aliphatic heterocycles. The lowest BCUT2D eigenvalue weighted by molar-refractivity contribution is 0.0536. The Hall–Kier alpha value is -0.810. The van der Waals surface area contributed by atoms with Gasteiger partial charge in [-0.15, -0.1) is 0 Å². The van der Waals surface area contributed by atoms with Crippen molar-refractivity contribution in [3.63, 3.8) is 0 Å². The van der Waals surface area contributed by atoms with Gasteiger partial charge in [0.25, 0.3) is 0 Å². The van der Waals surface area contributed by atoms with E-state index in [1.54, 1.807) is 0 Å². The van der Waals surface area contributed by atoms with E-state index in [-0.39, 0.29) is 11.6 Å². The molecule has 0 aromatic heterocycles. The Morgan fingerprint density at radius 3 is 1.57 bits per heavy atom. The summed E-state index contributed by atoms with van der Waals surface area (Å²) in [6, 6.07) is 0.244. The SMILES string of the molecule is CC(C)(C)CN1CCN(C(=O)N2CCN(C(C)(C)C)CC2)CC1. The fraction of sp³-hybridized carbons (Fsp3) is 0.944. The Bertz CT molecular complexity index is 394. The monoisotopic (exact) mass is 324 g/mol. The van der Waals surface area contributed by atoms with E-state index in [0.717, 1.165) is 58.9 Å². The van der Waals surface area contributed by atoms with Crippen LogP contribution in [0, 0.1) is 5.41 Å². The molecule has 0 aliphatic carbocycles. The highest BCUT2D eigenvalue weighted by Gasteiger charge is 2.31. The second-order valence-electron chi connectivity index (χ2n) is 9.25.